The second-order valence-corrected chi connectivity index (χ2v) is 8.84. The fraction of sp³-hybridized carbons (Fsp3) is 0.565. The van der Waals surface area contributed by atoms with Gasteiger partial charge in [0.15, 0.2) is 0 Å². The molecule has 0 atom stereocenters. The van der Waals surface area contributed by atoms with Gasteiger partial charge in [0.05, 0.1) is 7.11 Å². The fourth-order valence-corrected chi connectivity index (χ4v) is 4.74. The number of barbiturate groups is 1. The lowest BCUT2D eigenvalue weighted by Crippen LogP contribution is -2.61. The van der Waals surface area contributed by atoms with Crippen molar-refractivity contribution in [3.8, 4) is 5.88 Å². The van der Waals surface area contributed by atoms with Crippen LogP contribution < -0.4 is 16.2 Å². The standard InChI is InChI=1S/C23H33N5O5/c1-3-4-12-27-20(30)17(18(24)25)21(31)28(22(27)32)16-7-9-23(14-29,10-8-16)13-15-6-5-11-26-19(15)33-2/h5-6,11,16,29H,3-4,7-10,12-14,24-25H2,1-2H3. The zero-order chi connectivity index (χ0) is 24.2. The maximum atomic E-state index is 13.2. The second-order valence-electron chi connectivity index (χ2n) is 8.84. The zero-order valence-electron chi connectivity index (χ0n) is 19.2. The van der Waals surface area contributed by atoms with Gasteiger partial charge in [-0.1, -0.05) is 19.4 Å². The summed E-state index contributed by atoms with van der Waals surface area (Å²) in [6, 6.07) is 2.71. The number of unbranched alkanes of at least 4 members (excludes halogenated alkanes) is 1. The van der Waals surface area contributed by atoms with Crippen LogP contribution in [0.1, 0.15) is 51.0 Å². The van der Waals surface area contributed by atoms with Crippen molar-refractivity contribution >= 4 is 17.8 Å². The normalized spacial score (nSPS) is 23.8. The maximum Gasteiger partial charge on any atom is 0.334 e. The number of ether oxygens (including phenoxy) is 1. The number of aliphatic hydroxyl groups excluding tert-OH is 1. The number of nitrogens with zero attached hydrogens (tertiary/aromatic N) is 3. The number of carbonyl (C=O) groups is 3. The van der Waals surface area contributed by atoms with Crippen molar-refractivity contribution in [3.05, 3.63) is 35.3 Å². The van der Waals surface area contributed by atoms with E-state index in [0.29, 0.717) is 44.4 Å². The van der Waals surface area contributed by atoms with Crippen molar-refractivity contribution in [2.24, 2.45) is 16.9 Å². The first kappa shape index (κ1) is 24.5. The smallest absolute Gasteiger partial charge is 0.334 e. The average molecular weight is 460 g/mol. The highest BCUT2D eigenvalue weighted by Gasteiger charge is 2.48. The van der Waals surface area contributed by atoms with Crippen LogP contribution in [0.15, 0.2) is 29.7 Å². The number of methoxy groups -OCH3 is 1. The first-order valence-corrected chi connectivity index (χ1v) is 11.3. The molecule has 33 heavy (non-hydrogen) atoms. The molecule has 0 bridgehead atoms. The van der Waals surface area contributed by atoms with Crippen LogP contribution in [0.3, 0.4) is 0 Å². The molecule has 2 aliphatic rings. The third kappa shape index (κ3) is 4.80. The zero-order valence-corrected chi connectivity index (χ0v) is 19.2. The van der Waals surface area contributed by atoms with Crippen LogP contribution in [-0.2, 0) is 16.0 Å². The van der Waals surface area contributed by atoms with Crippen LogP contribution in [0, 0.1) is 5.41 Å². The van der Waals surface area contributed by atoms with Crippen molar-refractivity contribution in [2.75, 3.05) is 20.3 Å². The van der Waals surface area contributed by atoms with E-state index in [0.717, 1.165) is 21.8 Å². The van der Waals surface area contributed by atoms with Gasteiger partial charge in [-0.25, -0.2) is 9.78 Å². The molecule has 1 saturated carbocycles. The van der Waals surface area contributed by atoms with E-state index in [-0.39, 0.29) is 24.5 Å². The molecule has 180 valence electrons. The lowest BCUT2D eigenvalue weighted by molar-refractivity contribution is -0.138. The third-order valence-electron chi connectivity index (χ3n) is 6.68. The fourth-order valence-electron chi connectivity index (χ4n) is 4.74. The van der Waals surface area contributed by atoms with Gasteiger partial charge in [0.2, 0.25) is 5.88 Å². The Balaban J connectivity index is 1.81. The number of aliphatic hydroxyl groups is 1. The van der Waals surface area contributed by atoms with Gasteiger partial charge in [-0.05, 0) is 50.0 Å². The molecular formula is C23H33N5O5. The maximum absolute atomic E-state index is 13.2. The van der Waals surface area contributed by atoms with Crippen molar-refractivity contribution < 1.29 is 24.2 Å². The molecule has 3 rings (SSSR count). The summed E-state index contributed by atoms with van der Waals surface area (Å²) in [7, 11) is 1.56. The number of amides is 4. The van der Waals surface area contributed by atoms with E-state index in [9.17, 15) is 19.5 Å². The number of hydrogen-bond acceptors (Lipinski definition) is 8. The van der Waals surface area contributed by atoms with Crippen molar-refractivity contribution in [3.63, 3.8) is 0 Å². The second kappa shape index (κ2) is 10.2. The topological polar surface area (TPSA) is 152 Å². The van der Waals surface area contributed by atoms with Gasteiger partial charge in [-0.15, -0.1) is 0 Å². The van der Waals surface area contributed by atoms with E-state index >= 15 is 0 Å². The van der Waals surface area contributed by atoms with Gasteiger partial charge in [0.25, 0.3) is 11.8 Å². The monoisotopic (exact) mass is 459 g/mol. The number of carbonyl (C=O) groups excluding carboxylic acids is 3. The van der Waals surface area contributed by atoms with Crippen LogP contribution >= 0.6 is 0 Å². The van der Waals surface area contributed by atoms with Gasteiger partial charge >= 0.3 is 6.03 Å². The molecule has 5 N–H and O–H groups in total. The van der Waals surface area contributed by atoms with E-state index in [4.69, 9.17) is 16.2 Å². The molecule has 0 unspecified atom stereocenters. The minimum Gasteiger partial charge on any atom is -0.481 e. The number of pyridine rings is 1. The van der Waals surface area contributed by atoms with Gasteiger partial charge in [-0.3, -0.25) is 19.4 Å². The molecule has 2 fully saturated rings. The third-order valence-corrected chi connectivity index (χ3v) is 6.68. The molecule has 1 aromatic heterocycles. The SMILES string of the molecule is CCCCN1C(=O)C(=C(N)N)C(=O)N(C2CCC(CO)(Cc3cccnc3OC)CC2)C1=O. The van der Waals surface area contributed by atoms with Crippen molar-refractivity contribution in [1.82, 2.24) is 14.8 Å². The number of aromatic nitrogens is 1. The molecule has 10 nitrogen and oxygen atoms in total. The summed E-state index contributed by atoms with van der Waals surface area (Å²) in [6.45, 7) is 2.10. The van der Waals surface area contributed by atoms with Gasteiger partial charge in [0.1, 0.15) is 11.4 Å². The molecule has 0 radical (unpaired) electrons. The van der Waals surface area contributed by atoms with Gasteiger partial charge in [-0.2, -0.15) is 0 Å². The Morgan fingerprint density at radius 2 is 1.94 bits per heavy atom. The molecule has 1 aliphatic carbocycles. The number of nitrogens with two attached hydrogens (primary N) is 2. The molecule has 0 aromatic carbocycles. The lowest BCUT2D eigenvalue weighted by atomic mass is 9.69. The summed E-state index contributed by atoms with van der Waals surface area (Å²) in [5.74, 6) is -1.34. The summed E-state index contributed by atoms with van der Waals surface area (Å²) < 4.78 is 5.35. The van der Waals surface area contributed by atoms with Gasteiger partial charge in [0, 0.05) is 31.0 Å². The Labute approximate surface area is 193 Å². The van der Waals surface area contributed by atoms with E-state index in [1.807, 2.05) is 19.1 Å². The summed E-state index contributed by atoms with van der Waals surface area (Å²) >= 11 is 0. The van der Waals surface area contributed by atoms with E-state index < -0.39 is 29.3 Å². The summed E-state index contributed by atoms with van der Waals surface area (Å²) in [4.78, 5) is 45.4. The Morgan fingerprint density at radius 1 is 1.24 bits per heavy atom. The molecule has 1 aromatic rings. The van der Waals surface area contributed by atoms with Gasteiger partial charge < -0.3 is 21.3 Å². The number of urea groups is 1. The quantitative estimate of drug-likeness (QED) is 0.388. The van der Waals surface area contributed by atoms with Crippen LogP contribution in [0.2, 0.25) is 0 Å². The van der Waals surface area contributed by atoms with Crippen LogP contribution in [0.5, 0.6) is 5.88 Å². The Bertz CT molecular complexity index is 935. The summed E-state index contributed by atoms with van der Waals surface area (Å²) in [5, 5.41) is 10.3. The lowest BCUT2D eigenvalue weighted by Gasteiger charge is -2.44. The average Bonchev–Trinajstić information content (AvgIpc) is 2.80. The Hall–Kier alpha value is -3.14. The van der Waals surface area contributed by atoms with Crippen molar-refractivity contribution in [2.45, 2.75) is 57.9 Å². The molecular weight excluding hydrogens is 426 g/mol. The summed E-state index contributed by atoms with van der Waals surface area (Å²) in [6.07, 6.45) is 5.77. The number of hydrogen-bond donors (Lipinski definition) is 3. The first-order chi connectivity index (χ1) is 15.8. The molecule has 1 saturated heterocycles. The molecule has 1 aliphatic heterocycles. The van der Waals surface area contributed by atoms with E-state index in [1.54, 1.807) is 13.3 Å². The number of rotatable bonds is 8. The van der Waals surface area contributed by atoms with Crippen LogP contribution in [0.4, 0.5) is 4.79 Å². The highest BCUT2D eigenvalue weighted by Crippen LogP contribution is 2.42. The first-order valence-electron chi connectivity index (χ1n) is 11.3. The highest BCUT2D eigenvalue weighted by atomic mass is 16.5. The molecule has 0 spiro atoms. The van der Waals surface area contributed by atoms with E-state index in [1.165, 1.54) is 0 Å². The summed E-state index contributed by atoms with van der Waals surface area (Å²) in [5.41, 5.74) is 11.4. The predicted octanol–water partition coefficient (Wildman–Crippen LogP) is 1.27. The van der Waals surface area contributed by atoms with Crippen molar-refractivity contribution in [1.29, 1.82) is 0 Å². The minimum absolute atomic E-state index is 0.0400. The molecule has 10 heteroatoms. The molecule has 2 heterocycles. The van der Waals surface area contributed by atoms with E-state index in [2.05, 4.69) is 4.98 Å². The number of imide groups is 2. The minimum atomic E-state index is -0.742. The van der Waals surface area contributed by atoms with Crippen LogP contribution in [0.25, 0.3) is 0 Å². The largest absolute Gasteiger partial charge is 0.481 e. The highest BCUT2D eigenvalue weighted by molar-refractivity contribution is 6.29. The Morgan fingerprint density at radius 3 is 2.52 bits per heavy atom. The Kier molecular flexibility index (Phi) is 7.57. The predicted molar refractivity (Wildman–Crippen MR) is 121 cm³/mol. The van der Waals surface area contributed by atoms with Crippen LogP contribution in [-0.4, -0.2) is 64.0 Å². The molecule has 4 amide bonds.